The molecule has 0 saturated carbocycles. The van der Waals surface area contributed by atoms with Gasteiger partial charge in [0, 0.05) is 13.2 Å². The molecule has 1 rings (SSSR count). The summed E-state index contributed by atoms with van der Waals surface area (Å²) in [5.74, 6) is 1.66. The van der Waals surface area contributed by atoms with Gasteiger partial charge in [-0.05, 0) is 13.0 Å². The van der Waals surface area contributed by atoms with E-state index in [1.54, 1.807) is 6.20 Å². The molecular weight excluding hydrogens is 138 g/mol. The van der Waals surface area contributed by atoms with Crippen molar-refractivity contribution in [2.45, 2.75) is 20.8 Å². The highest BCUT2D eigenvalue weighted by Crippen LogP contribution is 1.97. The first-order valence-corrected chi connectivity index (χ1v) is 3.80. The maximum Gasteiger partial charge on any atom is 0.129 e. The third kappa shape index (κ3) is 3.55. The van der Waals surface area contributed by atoms with Gasteiger partial charge in [0.2, 0.25) is 0 Å². The van der Waals surface area contributed by atoms with Gasteiger partial charge in [-0.3, -0.25) is 0 Å². The molecule has 0 amide bonds. The van der Waals surface area contributed by atoms with Crippen LogP contribution in [0.5, 0.6) is 0 Å². The summed E-state index contributed by atoms with van der Waals surface area (Å²) in [6.07, 6.45) is 1.73. The standard InChI is InChI=1S/C6H9N3.C2H6/c1-5-8-4-3-6(7-2)9-5;1-2/h3-4H,1-2H3,(H,7,8,9);1-2H3. The Morgan fingerprint density at radius 2 is 2.00 bits per heavy atom. The van der Waals surface area contributed by atoms with Gasteiger partial charge < -0.3 is 5.32 Å². The van der Waals surface area contributed by atoms with Gasteiger partial charge in [-0.2, -0.15) is 0 Å². The Bertz CT molecular complexity index is 198. The molecule has 0 atom stereocenters. The Morgan fingerprint density at radius 3 is 2.36 bits per heavy atom. The number of nitrogens with zero attached hydrogens (tertiary/aromatic N) is 2. The highest BCUT2D eigenvalue weighted by Gasteiger charge is 1.87. The molecule has 3 nitrogen and oxygen atoms in total. The van der Waals surface area contributed by atoms with E-state index in [2.05, 4.69) is 15.3 Å². The predicted molar refractivity (Wildman–Crippen MR) is 47.7 cm³/mol. The van der Waals surface area contributed by atoms with Crippen molar-refractivity contribution in [2.24, 2.45) is 0 Å². The first-order chi connectivity index (χ1) is 5.33. The van der Waals surface area contributed by atoms with Crippen molar-refractivity contribution in [3.8, 4) is 0 Å². The minimum atomic E-state index is 0.793. The van der Waals surface area contributed by atoms with Crippen LogP contribution in [0.25, 0.3) is 0 Å². The van der Waals surface area contributed by atoms with Crippen molar-refractivity contribution >= 4 is 5.82 Å². The summed E-state index contributed by atoms with van der Waals surface area (Å²) >= 11 is 0. The van der Waals surface area contributed by atoms with E-state index >= 15 is 0 Å². The molecule has 0 bridgehead atoms. The fourth-order valence-electron chi connectivity index (χ4n) is 0.595. The van der Waals surface area contributed by atoms with Gasteiger partial charge in [-0.25, -0.2) is 9.97 Å². The van der Waals surface area contributed by atoms with Crippen molar-refractivity contribution in [3.63, 3.8) is 0 Å². The number of anilines is 1. The molecule has 0 unspecified atom stereocenters. The Hall–Kier alpha value is -1.12. The summed E-state index contributed by atoms with van der Waals surface area (Å²) in [6, 6.07) is 1.83. The molecule has 0 aliphatic carbocycles. The summed E-state index contributed by atoms with van der Waals surface area (Å²) in [4.78, 5) is 8.01. The molecule has 62 valence electrons. The molecule has 0 saturated heterocycles. The van der Waals surface area contributed by atoms with E-state index in [0.717, 1.165) is 11.6 Å². The van der Waals surface area contributed by atoms with E-state index in [9.17, 15) is 0 Å². The van der Waals surface area contributed by atoms with Crippen LogP contribution >= 0.6 is 0 Å². The molecule has 0 aliphatic rings. The van der Waals surface area contributed by atoms with Crippen LogP contribution in [0.4, 0.5) is 5.82 Å². The minimum absolute atomic E-state index is 0.793. The van der Waals surface area contributed by atoms with E-state index in [-0.39, 0.29) is 0 Å². The van der Waals surface area contributed by atoms with Crippen molar-refractivity contribution in [1.29, 1.82) is 0 Å². The molecule has 0 fully saturated rings. The molecule has 11 heavy (non-hydrogen) atoms. The number of aromatic nitrogens is 2. The van der Waals surface area contributed by atoms with Gasteiger partial charge in [-0.1, -0.05) is 13.8 Å². The number of hydrogen-bond donors (Lipinski definition) is 1. The highest BCUT2D eigenvalue weighted by atomic mass is 15.0. The fraction of sp³-hybridized carbons (Fsp3) is 0.500. The molecule has 0 aliphatic heterocycles. The Morgan fingerprint density at radius 1 is 1.36 bits per heavy atom. The fourth-order valence-corrected chi connectivity index (χ4v) is 0.595. The first kappa shape index (κ1) is 9.88. The van der Waals surface area contributed by atoms with Gasteiger partial charge in [0.1, 0.15) is 11.6 Å². The van der Waals surface area contributed by atoms with Crippen molar-refractivity contribution in [2.75, 3.05) is 12.4 Å². The van der Waals surface area contributed by atoms with Crippen LogP contribution in [-0.4, -0.2) is 17.0 Å². The monoisotopic (exact) mass is 153 g/mol. The first-order valence-electron chi connectivity index (χ1n) is 3.80. The van der Waals surface area contributed by atoms with Crippen LogP contribution < -0.4 is 5.32 Å². The quantitative estimate of drug-likeness (QED) is 0.669. The third-order valence-electron chi connectivity index (χ3n) is 1.03. The molecule has 1 aromatic heterocycles. The molecule has 1 heterocycles. The van der Waals surface area contributed by atoms with Crippen molar-refractivity contribution in [1.82, 2.24) is 9.97 Å². The van der Waals surface area contributed by atoms with E-state index < -0.39 is 0 Å². The summed E-state index contributed by atoms with van der Waals surface area (Å²) < 4.78 is 0. The van der Waals surface area contributed by atoms with Crippen molar-refractivity contribution < 1.29 is 0 Å². The second-order valence-corrected chi connectivity index (χ2v) is 1.74. The van der Waals surface area contributed by atoms with Crippen LogP contribution in [0, 0.1) is 6.92 Å². The molecule has 0 aromatic carbocycles. The smallest absolute Gasteiger partial charge is 0.129 e. The zero-order chi connectivity index (χ0) is 8.69. The molecule has 3 heteroatoms. The lowest BCUT2D eigenvalue weighted by atomic mass is 10.5. The van der Waals surface area contributed by atoms with Gasteiger partial charge in [-0.15, -0.1) is 0 Å². The highest BCUT2D eigenvalue weighted by molar-refractivity contribution is 5.31. The van der Waals surface area contributed by atoms with Gasteiger partial charge in [0.05, 0.1) is 0 Å². The molecule has 0 spiro atoms. The average Bonchev–Trinajstić information content (AvgIpc) is 2.08. The molecule has 1 aromatic rings. The van der Waals surface area contributed by atoms with Gasteiger partial charge >= 0.3 is 0 Å². The number of aryl methyl sites for hydroxylation is 1. The summed E-state index contributed by atoms with van der Waals surface area (Å²) in [5.41, 5.74) is 0. The van der Waals surface area contributed by atoms with Crippen LogP contribution in [0.1, 0.15) is 19.7 Å². The Labute approximate surface area is 67.9 Å². The summed E-state index contributed by atoms with van der Waals surface area (Å²) in [7, 11) is 1.84. The molecule has 0 radical (unpaired) electrons. The average molecular weight is 153 g/mol. The number of rotatable bonds is 1. The largest absolute Gasteiger partial charge is 0.373 e. The second-order valence-electron chi connectivity index (χ2n) is 1.74. The molecular formula is C8H15N3. The zero-order valence-corrected chi connectivity index (χ0v) is 7.55. The minimum Gasteiger partial charge on any atom is -0.373 e. The lowest BCUT2D eigenvalue weighted by Crippen LogP contribution is -1.94. The van der Waals surface area contributed by atoms with Crippen molar-refractivity contribution in [3.05, 3.63) is 18.1 Å². The Kier molecular flexibility index (Phi) is 5.07. The predicted octanol–water partition coefficient (Wildman–Crippen LogP) is 1.85. The van der Waals surface area contributed by atoms with E-state index in [4.69, 9.17) is 0 Å². The van der Waals surface area contributed by atoms with Crippen LogP contribution in [0.3, 0.4) is 0 Å². The SMILES string of the molecule is CC.CNc1ccnc(C)n1. The molecule has 1 N–H and O–H groups in total. The maximum absolute atomic E-state index is 4.07. The van der Waals surface area contributed by atoms with Crippen LogP contribution in [-0.2, 0) is 0 Å². The van der Waals surface area contributed by atoms with E-state index in [0.29, 0.717) is 0 Å². The maximum atomic E-state index is 4.07. The normalized spacial score (nSPS) is 8.00. The summed E-state index contributed by atoms with van der Waals surface area (Å²) in [5, 5.41) is 2.92. The van der Waals surface area contributed by atoms with Crippen LogP contribution in [0.15, 0.2) is 12.3 Å². The zero-order valence-electron chi connectivity index (χ0n) is 7.55. The van der Waals surface area contributed by atoms with Gasteiger partial charge in [0.15, 0.2) is 0 Å². The number of hydrogen-bond acceptors (Lipinski definition) is 3. The lowest BCUT2D eigenvalue weighted by molar-refractivity contribution is 1.05. The Balaban J connectivity index is 0.000000461. The topological polar surface area (TPSA) is 37.8 Å². The second kappa shape index (κ2) is 5.65. The van der Waals surface area contributed by atoms with Gasteiger partial charge in [0.25, 0.3) is 0 Å². The summed E-state index contributed by atoms with van der Waals surface area (Å²) in [6.45, 7) is 5.86. The number of nitrogens with one attached hydrogen (secondary N) is 1. The lowest BCUT2D eigenvalue weighted by Gasteiger charge is -1.96. The van der Waals surface area contributed by atoms with Crippen LogP contribution in [0.2, 0.25) is 0 Å². The van der Waals surface area contributed by atoms with E-state index in [1.165, 1.54) is 0 Å². The third-order valence-corrected chi connectivity index (χ3v) is 1.03. The van der Waals surface area contributed by atoms with E-state index in [1.807, 2.05) is 33.9 Å².